The number of sulfonamides is 1. The van der Waals surface area contributed by atoms with Crippen LogP contribution in [0.3, 0.4) is 0 Å². The van der Waals surface area contributed by atoms with Gasteiger partial charge < -0.3 is 4.74 Å². The fourth-order valence-electron chi connectivity index (χ4n) is 4.56. The van der Waals surface area contributed by atoms with E-state index in [0.717, 1.165) is 56.7 Å². The largest absolute Gasteiger partial charge is 0.573 e. The molecule has 30 heavy (non-hydrogen) atoms. The van der Waals surface area contributed by atoms with E-state index in [4.69, 9.17) is 0 Å². The fraction of sp³-hybridized carbons (Fsp3) is 0.429. The molecular formula is C21H23F3N2O3S. The zero-order chi connectivity index (χ0) is 21.4. The van der Waals surface area contributed by atoms with Gasteiger partial charge in [0.1, 0.15) is 5.75 Å². The number of fused-ring (bicyclic) bond motifs is 1. The van der Waals surface area contributed by atoms with Gasteiger partial charge in [-0.1, -0.05) is 30.3 Å². The van der Waals surface area contributed by atoms with Gasteiger partial charge in [-0.2, -0.15) is 0 Å². The zero-order valence-electron chi connectivity index (χ0n) is 16.2. The van der Waals surface area contributed by atoms with Crippen LogP contribution in [0.25, 0.3) is 0 Å². The van der Waals surface area contributed by atoms with E-state index >= 15 is 0 Å². The monoisotopic (exact) mass is 440 g/mol. The van der Waals surface area contributed by atoms with Crippen LogP contribution in [0.15, 0.2) is 59.5 Å². The summed E-state index contributed by atoms with van der Waals surface area (Å²) in [6, 6.07) is 14.3. The molecule has 1 saturated heterocycles. The molecule has 1 aliphatic carbocycles. The smallest absolute Gasteiger partial charge is 0.406 e. The summed E-state index contributed by atoms with van der Waals surface area (Å²) in [5, 5.41) is 0. The van der Waals surface area contributed by atoms with Gasteiger partial charge in [-0.3, -0.25) is 4.90 Å². The fourth-order valence-corrected chi connectivity index (χ4v) is 5.88. The number of likely N-dealkylation sites (tertiary alicyclic amines) is 1. The Hall–Kier alpha value is -2.10. The van der Waals surface area contributed by atoms with Crippen LogP contribution in [0, 0.1) is 11.8 Å². The molecule has 3 atom stereocenters. The Balaban J connectivity index is 1.39. The molecule has 2 fully saturated rings. The first-order valence-corrected chi connectivity index (χ1v) is 11.3. The number of benzene rings is 2. The Bertz CT molecular complexity index is 965. The van der Waals surface area contributed by atoms with Crippen molar-refractivity contribution < 1.29 is 26.3 Å². The quantitative estimate of drug-likeness (QED) is 0.743. The van der Waals surface area contributed by atoms with E-state index in [1.807, 2.05) is 18.2 Å². The van der Waals surface area contributed by atoms with Gasteiger partial charge in [0.25, 0.3) is 0 Å². The van der Waals surface area contributed by atoms with Crippen molar-refractivity contribution in [1.82, 2.24) is 9.62 Å². The molecule has 0 spiro atoms. The summed E-state index contributed by atoms with van der Waals surface area (Å²) in [4.78, 5) is 2.29. The number of hydrogen-bond acceptors (Lipinski definition) is 4. The Morgan fingerprint density at radius 3 is 2.37 bits per heavy atom. The van der Waals surface area contributed by atoms with E-state index in [0.29, 0.717) is 5.92 Å². The van der Waals surface area contributed by atoms with Crippen LogP contribution < -0.4 is 9.46 Å². The number of halogens is 3. The van der Waals surface area contributed by atoms with Crippen molar-refractivity contribution in [3.63, 3.8) is 0 Å². The predicted octanol–water partition coefficient (Wildman–Crippen LogP) is 3.77. The summed E-state index contributed by atoms with van der Waals surface area (Å²) in [6.45, 7) is 2.61. The third-order valence-corrected chi connectivity index (χ3v) is 7.36. The Labute approximate surface area is 173 Å². The van der Waals surface area contributed by atoms with E-state index in [1.54, 1.807) is 0 Å². The van der Waals surface area contributed by atoms with Crippen LogP contribution in [0.2, 0.25) is 0 Å². The minimum atomic E-state index is -4.81. The van der Waals surface area contributed by atoms with Crippen LogP contribution in [-0.4, -0.2) is 38.8 Å². The highest BCUT2D eigenvalue weighted by Crippen LogP contribution is 2.39. The van der Waals surface area contributed by atoms with E-state index < -0.39 is 22.1 Å². The number of rotatable bonds is 6. The number of nitrogens with one attached hydrogen (secondary N) is 1. The van der Waals surface area contributed by atoms with Crippen molar-refractivity contribution in [2.75, 3.05) is 13.1 Å². The molecule has 9 heteroatoms. The Morgan fingerprint density at radius 2 is 1.70 bits per heavy atom. The minimum absolute atomic E-state index is 0.0698. The molecule has 2 aromatic rings. The first kappa shape index (κ1) is 21.1. The van der Waals surface area contributed by atoms with Gasteiger partial charge in [-0.25, -0.2) is 13.1 Å². The molecule has 1 heterocycles. The van der Waals surface area contributed by atoms with E-state index in [2.05, 4.69) is 26.5 Å². The summed E-state index contributed by atoms with van der Waals surface area (Å²) >= 11 is 0. The SMILES string of the molecule is O=S(=O)(NC1CCC2CN(Cc3ccccc3)C[C@H]21)c1ccc(OC(F)(F)F)cc1. The topological polar surface area (TPSA) is 58.6 Å². The summed E-state index contributed by atoms with van der Waals surface area (Å²) in [7, 11) is -3.82. The Morgan fingerprint density at radius 1 is 1.00 bits per heavy atom. The lowest BCUT2D eigenvalue weighted by Crippen LogP contribution is -2.39. The van der Waals surface area contributed by atoms with Gasteiger partial charge in [0, 0.05) is 25.7 Å². The molecule has 1 aliphatic heterocycles. The third-order valence-electron chi connectivity index (χ3n) is 5.86. The molecule has 2 unspecified atom stereocenters. The van der Waals surface area contributed by atoms with Gasteiger partial charge in [-0.05, 0) is 54.5 Å². The second-order valence-electron chi connectivity index (χ2n) is 7.93. The summed E-state index contributed by atoms with van der Waals surface area (Å²) < 4.78 is 68.9. The molecule has 5 nitrogen and oxygen atoms in total. The van der Waals surface area contributed by atoms with Gasteiger partial charge in [0.05, 0.1) is 4.90 Å². The van der Waals surface area contributed by atoms with Crippen LogP contribution in [0.1, 0.15) is 18.4 Å². The van der Waals surface area contributed by atoms with Crippen LogP contribution in [0.4, 0.5) is 13.2 Å². The van der Waals surface area contributed by atoms with E-state index in [-0.39, 0.29) is 16.9 Å². The molecule has 0 radical (unpaired) electrons. The molecule has 0 bridgehead atoms. The maximum absolute atomic E-state index is 12.8. The zero-order valence-corrected chi connectivity index (χ0v) is 17.0. The van der Waals surface area contributed by atoms with E-state index in [1.165, 1.54) is 5.56 Å². The van der Waals surface area contributed by atoms with Crippen molar-refractivity contribution in [2.24, 2.45) is 11.8 Å². The van der Waals surface area contributed by atoms with Crippen molar-refractivity contribution in [3.8, 4) is 5.75 Å². The number of nitrogens with zero attached hydrogens (tertiary/aromatic N) is 1. The molecule has 1 N–H and O–H groups in total. The average Bonchev–Trinajstić information content (AvgIpc) is 3.23. The molecule has 4 rings (SSSR count). The van der Waals surface area contributed by atoms with Crippen molar-refractivity contribution in [1.29, 1.82) is 0 Å². The van der Waals surface area contributed by atoms with Crippen molar-refractivity contribution in [2.45, 2.75) is 36.7 Å². The average molecular weight is 440 g/mol. The summed E-state index contributed by atoms with van der Waals surface area (Å²) in [6.07, 6.45) is -3.09. The standard InChI is InChI=1S/C21H23F3N2O3S/c22-21(23,24)29-17-7-9-18(10-8-17)30(27,28)25-20-11-6-16-13-26(14-19(16)20)12-15-4-2-1-3-5-15/h1-5,7-10,16,19-20,25H,6,11-14H2/t16?,19-,20?/m1/s1. The highest BCUT2D eigenvalue weighted by Gasteiger charge is 2.44. The lowest BCUT2D eigenvalue weighted by atomic mass is 9.98. The first-order valence-electron chi connectivity index (χ1n) is 9.84. The third kappa shape index (κ3) is 4.96. The lowest BCUT2D eigenvalue weighted by molar-refractivity contribution is -0.274. The second-order valence-corrected chi connectivity index (χ2v) is 9.64. The molecule has 0 amide bonds. The predicted molar refractivity (Wildman–Crippen MR) is 105 cm³/mol. The van der Waals surface area contributed by atoms with Crippen LogP contribution >= 0.6 is 0 Å². The first-order chi connectivity index (χ1) is 14.2. The van der Waals surface area contributed by atoms with Gasteiger partial charge in [0.15, 0.2) is 0 Å². The number of ether oxygens (including phenoxy) is 1. The van der Waals surface area contributed by atoms with E-state index in [9.17, 15) is 21.6 Å². The Kier molecular flexibility index (Phi) is 5.78. The van der Waals surface area contributed by atoms with Crippen LogP contribution in [0.5, 0.6) is 5.75 Å². The van der Waals surface area contributed by atoms with Crippen molar-refractivity contribution >= 4 is 10.0 Å². The van der Waals surface area contributed by atoms with Crippen LogP contribution in [-0.2, 0) is 16.6 Å². The number of hydrogen-bond donors (Lipinski definition) is 1. The van der Waals surface area contributed by atoms with Gasteiger partial charge in [0.2, 0.25) is 10.0 Å². The molecule has 1 saturated carbocycles. The van der Waals surface area contributed by atoms with Gasteiger partial charge >= 0.3 is 6.36 Å². The maximum atomic E-state index is 12.8. The second kappa shape index (κ2) is 8.20. The molecule has 162 valence electrons. The summed E-state index contributed by atoms with van der Waals surface area (Å²) in [5.41, 5.74) is 1.23. The number of alkyl halides is 3. The maximum Gasteiger partial charge on any atom is 0.573 e. The highest BCUT2D eigenvalue weighted by molar-refractivity contribution is 7.89. The highest BCUT2D eigenvalue weighted by atomic mass is 32.2. The minimum Gasteiger partial charge on any atom is -0.406 e. The molecule has 2 aromatic carbocycles. The van der Waals surface area contributed by atoms with Gasteiger partial charge in [-0.15, -0.1) is 13.2 Å². The lowest BCUT2D eigenvalue weighted by Gasteiger charge is -2.22. The van der Waals surface area contributed by atoms with Crippen molar-refractivity contribution in [3.05, 3.63) is 60.2 Å². The normalized spacial score (nSPS) is 24.7. The summed E-state index contributed by atoms with van der Waals surface area (Å²) in [5.74, 6) is 0.232. The molecular weight excluding hydrogens is 417 g/mol. The molecule has 2 aliphatic rings. The molecule has 0 aromatic heterocycles.